The predicted octanol–water partition coefficient (Wildman–Crippen LogP) is 3.43. The third-order valence-electron chi connectivity index (χ3n) is 9.17. The average molecular weight is 619 g/mol. The van der Waals surface area contributed by atoms with Gasteiger partial charge in [0, 0.05) is 42.2 Å². The summed E-state index contributed by atoms with van der Waals surface area (Å²) in [5.74, 6) is -0.183. The number of sulfonamides is 1. The minimum absolute atomic E-state index is 0.0821. The third kappa shape index (κ3) is 5.88. The second-order valence-corrected chi connectivity index (χ2v) is 14.1. The van der Waals surface area contributed by atoms with Crippen LogP contribution in [0, 0.1) is 19.3 Å². The van der Waals surface area contributed by atoms with E-state index in [-0.39, 0.29) is 40.7 Å². The lowest BCUT2D eigenvalue weighted by molar-refractivity contribution is -0.140. The van der Waals surface area contributed by atoms with Gasteiger partial charge in [-0.05, 0) is 82.3 Å². The number of fused-ring (bicyclic) bond motifs is 4. The molecule has 3 aliphatic heterocycles. The molecule has 1 atom stereocenters. The highest BCUT2D eigenvalue weighted by Crippen LogP contribution is 2.35. The molecule has 2 aromatic carbocycles. The van der Waals surface area contributed by atoms with Crippen molar-refractivity contribution in [2.45, 2.75) is 56.9 Å². The van der Waals surface area contributed by atoms with Gasteiger partial charge in [0.15, 0.2) is 0 Å². The van der Waals surface area contributed by atoms with Gasteiger partial charge in [0.05, 0.1) is 22.7 Å². The highest BCUT2D eigenvalue weighted by molar-refractivity contribution is 7.92. The van der Waals surface area contributed by atoms with Gasteiger partial charge in [-0.3, -0.25) is 9.59 Å². The summed E-state index contributed by atoms with van der Waals surface area (Å²) in [6, 6.07) is 13.5. The maximum atomic E-state index is 13.4. The molecule has 12 heteroatoms. The summed E-state index contributed by atoms with van der Waals surface area (Å²) < 4.78 is 35.6. The van der Waals surface area contributed by atoms with E-state index in [0.717, 1.165) is 36.1 Å². The number of amides is 2. The molecule has 44 heavy (non-hydrogen) atoms. The fourth-order valence-corrected chi connectivity index (χ4v) is 7.44. The number of hydrogen-bond acceptors (Lipinski definition) is 8. The highest BCUT2D eigenvalue weighted by atomic mass is 32.2. The summed E-state index contributed by atoms with van der Waals surface area (Å²) >= 11 is 0. The predicted molar refractivity (Wildman–Crippen MR) is 166 cm³/mol. The summed E-state index contributed by atoms with van der Waals surface area (Å²) in [5.41, 5.74) is 2.55. The van der Waals surface area contributed by atoms with Crippen molar-refractivity contribution >= 4 is 27.8 Å². The summed E-state index contributed by atoms with van der Waals surface area (Å²) in [7, 11) is -4.12. The lowest BCUT2D eigenvalue weighted by atomic mass is 9.78. The van der Waals surface area contributed by atoms with Crippen molar-refractivity contribution in [1.82, 2.24) is 25.5 Å². The zero-order valence-corrected chi connectivity index (χ0v) is 26.1. The van der Waals surface area contributed by atoms with Crippen LogP contribution in [0.3, 0.4) is 0 Å². The van der Waals surface area contributed by atoms with E-state index in [0.29, 0.717) is 38.2 Å². The van der Waals surface area contributed by atoms with Gasteiger partial charge in [-0.2, -0.15) is 4.98 Å². The minimum atomic E-state index is -4.12. The smallest absolute Gasteiger partial charge is 0.264 e. The molecule has 232 valence electrons. The van der Waals surface area contributed by atoms with Gasteiger partial charge in [-0.15, -0.1) is 0 Å². The number of likely N-dealkylation sites (tertiary alicyclic amines) is 1. The molecule has 3 aliphatic rings. The van der Waals surface area contributed by atoms with Crippen molar-refractivity contribution in [2.24, 2.45) is 5.41 Å². The van der Waals surface area contributed by atoms with Crippen molar-refractivity contribution in [3.63, 3.8) is 0 Å². The molecule has 1 aromatic heterocycles. The number of piperidine rings is 1. The molecular formula is C32H38N6O5S. The van der Waals surface area contributed by atoms with Gasteiger partial charge in [0.2, 0.25) is 17.7 Å². The summed E-state index contributed by atoms with van der Waals surface area (Å²) in [4.78, 5) is 37.5. The number of aryl methyl sites for hydroxylation is 2. The largest absolute Gasteiger partial charge is 0.477 e. The molecule has 2 amide bonds. The first kappa shape index (κ1) is 30.0. The van der Waals surface area contributed by atoms with Crippen LogP contribution in [0.1, 0.15) is 54.1 Å². The Morgan fingerprint density at radius 1 is 1.00 bits per heavy atom. The van der Waals surface area contributed by atoms with Gasteiger partial charge in [-0.25, -0.2) is 18.1 Å². The number of carbonyl (C=O) groups is 2. The molecule has 6 rings (SSSR count). The molecule has 3 aromatic rings. The van der Waals surface area contributed by atoms with Gasteiger partial charge in [0.1, 0.15) is 0 Å². The summed E-state index contributed by atoms with van der Waals surface area (Å²) in [6.45, 7) is 8.32. The molecular weight excluding hydrogens is 580 g/mol. The standard InChI is InChI=1S/C32H38N6O5S/c1-21-7-4-8-22(2)27(21)25-18-26-36-30(35-25)37-44(41,42)24-10-5-9-23(17-24)28(39)33-19-32(20-43-26)12-15-38(16-13-32)29(40)31(3)11-6-14-34-31/h4-5,7-10,17-18,34H,6,11-16,19-20H2,1-3H3,(H,33,39)(H,35,36,37)/t31-/m0/s1. The number of anilines is 1. The SMILES string of the molecule is Cc1cccc(C)c1-c1cc2nc(n1)NS(=O)(=O)c1cccc(c1)C(=O)NCC1(CCN(C(=O)[C@]3(C)CCCN3)CC1)CO2. The fraction of sp³-hybridized carbons (Fsp3) is 0.438. The monoisotopic (exact) mass is 618 g/mol. The second-order valence-electron chi connectivity index (χ2n) is 12.4. The first-order chi connectivity index (χ1) is 21.0. The molecule has 11 nitrogen and oxygen atoms in total. The van der Waals surface area contributed by atoms with Crippen molar-refractivity contribution < 1.29 is 22.7 Å². The normalized spacial score (nSPS) is 22.8. The van der Waals surface area contributed by atoms with Crippen LogP contribution in [-0.2, 0) is 14.8 Å². The number of ether oxygens (including phenoxy) is 1. The Labute approximate surface area is 257 Å². The van der Waals surface area contributed by atoms with Crippen LogP contribution in [0.5, 0.6) is 5.88 Å². The zero-order chi connectivity index (χ0) is 31.1. The topological polar surface area (TPSA) is 143 Å². The van der Waals surface area contributed by atoms with E-state index < -0.39 is 21.0 Å². The van der Waals surface area contributed by atoms with Crippen LogP contribution in [0.15, 0.2) is 53.4 Å². The molecule has 4 heterocycles. The summed E-state index contributed by atoms with van der Waals surface area (Å²) in [6.07, 6.45) is 3.02. The van der Waals surface area contributed by atoms with Gasteiger partial charge >= 0.3 is 0 Å². The molecule has 0 aliphatic carbocycles. The van der Waals surface area contributed by atoms with E-state index in [2.05, 4.69) is 25.3 Å². The first-order valence-corrected chi connectivity index (χ1v) is 16.5. The first-order valence-electron chi connectivity index (χ1n) is 15.0. The fourth-order valence-electron chi connectivity index (χ4n) is 6.45. The van der Waals surface area contributed by atoms with Crippen LogP contribution in [-0.4, -0.2) is 73.4 Å². The molecule has 0 unspecified atom stereocenters. The van der Waals surface area contributed by atoms with Crippen molar-refractivity contribution in [3.05, 3.63) is 65.2 Å². The molecule has 0 saturated carbocycles. The number of nitrogens with zero attached hydrogens (tertiary/aromatic N) is 3. The molecule has 0 radical (unpaired) electrons. The van der Waals surface area contributed by atoms with Gasteiger partial charge in [0.25, 0.3) is 15.9 Å². The molecule has 3 N–H and O–H groups in total. The van der Waals surface area contributed by atoms with E-state index in [9.17, 15) is 18.0 Å². The van der Waals surface area contributed by atoms with Crippen LogP contribution in [0.4, 0.5) is 5.95 Å². The molecule has 2 fully saturated rings. The second kappa shape index (κ2) is 11.5. The van der Waals surface area contributed by atoms with Gasteiger partial charge < -0.3 is 20.3 Å². The van der Waals surface area contributed by atoms with Crippen LogP contribution >= 0.6 is 0 Å². The zero-order valence-electron chi connectivity index (χ0n) is 25.3. The molecule has 4 bridgehead atoms. The highest BCUT2D eigenvalue weighted by Gasteiger charge is 2.43. The third-order valence-corrected chi connectivity index (χ3v) is 10.5. The Balaban J connectivity index is 1.36. The number of rotatable bonds is 2. The number of aromatic nitrogens is 2. The number of hydrogen-bond donors (Lipinski definition) is 3. The lowest BCUT2D eigenvalue weighted by Crippen LogP contribution is -2.57. The van der Waals surface area contributed by atoms with E-state index in [1.165, 1.54) is 18.2 Å². The molecule has 2 saturated heterocycles. The number of benzene rings is 2. The Morgan fingerprint density at radius 3 is 2.43 bits per heavy atom. The Morgan fingerprint density at radius 2 is 1.73 bits per heavy atom. The van der Waals surface area contributed by atoms with E-state index in [1.807, 2.05) is 43.9 Å². The summed E-state index contributed by atoms with van der Waals surface area (Å²) in [5, 5.41) is 6.38. The maximum absolute atomic E-state index is 13.4. The number of carbonyl (C=O) groups excluding carboxylic acids is 2. The average Bonchev–Trinajstić information content (AvgIpc) is 3.46. The van der Waals surface area contributed by atoms with E-state index >= 15 is 0 Å². The van der Waals surface area contributed by atoms with Crippen LogP contribution in [0.25, 0.3) is 11.3 Å². The van der Waals surface area contributed by atoms with Crippen molar-refractivity contribution in [1.29, 1.82) is 0 Å². The number of nitrogens with one attached hydrogen (secondary N) is 3. The van der Waals surface area contributed by atoms with E-state index in [1.54, 1.807) is 12.1 Å². The Kier molecular flexibility index (Phi) is 7.83. The van der Waals surface area contributed by atoms with Crippen LogP contribution < -0.4 is 20.1 Å². The van der Waals surface area contributed by atoms with E-state index in [4.69, 9.17) is 4.74 Å². The minimum Gasteiger partial charge on any atom is -0.477 e. The lowest BCUT2D eigenvalue weighted by Gasteiger charge is -2.43. The van der Waals surface area contributed by atoms with Crippen LogP contribution in [0.2, 0.25) is 0 Å². The Bertz CT molecular complexity index is 1690. The van der Waals surface area contributed by atoms with Gasteiger partial charge in [-0.1, -0.05) is 24.3 Å². The van der Waals surface area contributed by atoms with Crippen molar-refractivity contribution in [3.8, 4) is 17.1 Å². The Hall–Kier alpha value is -4.03. The maximum Gasteiger partial charge on any atom is 0.264 e. The quantitative estimate of drug-likeness (QED) is 0.397. The molecule has 1 spiro atoms. The van der Waals surface area contributed by atoms with Crippen molar-refractivity contribution in [2.75, 3.05) is 37.5 Å².